The highest BCUT2D eigenvalue weighted by molar-refractivity contribution is 5.77. The van der Waals surface area contributed by atoms with Crippen molar-refractivity contribution in [2.45, 2.75) is 39.5 Å². The second-order valence-electron chi connectivity index (χ2n) is 7.56. The number of carbonyl (C=O) groups is 1. The number of hydrogen-bond donors (Lipinski definition) is 2. The lowest BCUT2D eigenvalue weighted by Crippen LogP contribution is -2.03. The molecule has 0 aliphatic heterocycles. The van der Waals surface area contributed by atoms with Crippen molar-refractivity contribution >= 4 is 5.97 Å². The van der Waals surface area contributed by atoms with Crippen LogP contribution in [0.25, 0.3) is 22.5 Å². The lowest BCUT2D eigenvalue weighted by molar-refractivity contribution is -0.136. The van der Waals surface area contributed by atoms with E-state index in [1.165, 1.54) is 0 Å². The summed E-state index contributed by atoms with van der Waals surface area (Å²) in [7, 11) is 0. The topological polar surface area (TPSA) is 83.6 Å². The van der Waals surface area contributed by atoms with Crippen molar-refractivity contribution in [2.75, 3.05) is 6.61 Å². The van der Waals surface area contributed by atoms with E-state index in [4.69, 9.17) is 14.7 Å². The zero-order valence-corrected chi connectivity index (χ0v) is 16.9. The van der Waals surface area contributed by atoms with Gasteiger partial charge in [-0.05, 0) is 48.8 Å². The van der Waals surface area contributed by atoms with Crippen LogP contribution in [0.4, 0.5) is 0 Å². The molecule has 3 aromatic rings. The summed E-state index contributed by atoms with van der Waals surface area (Å²) in [4.78, 5) is 11.2. The van der Waals surface area contributed by atoms with E-state index in [-0.39, 0.29) is 13.0 Å². The third-order valence-corrected chi connectivity index (χ3v) is 5.21. The predicted octanol–water partition coefficient (Wildman–Crippen LogP) is 4.90. The van der Waals surface area contributed by atoms with Crippen LogP contribution in [0.2, 0.25) is 0 Å². The van der Waals surface area contributed by atoms with Crippen molar-refractivity contribution in [1.29, 1.82) is 0 Å². The maximum Gasteiger partial charge on any atom is 0.307 e. The third-order valence-electron chi connectivity index (χ3n) is 5.21. The first-order valence-electron chi connectivity index (χ1n) is 9.96. The molecular weight excluding hydrogens is 366 g/mol. The molecule has 152 valence electrons. The van der Waals surface area contributed by atoms with Gasteiger partial charge in [-0.25, -0.2) is 0 Å². The van der Waals surface area contributed by atoms with Gasteiger partial charge < -0.3 is 14.7 Å². The highest BCUT2D eigenvalue weighted by Crippen LogP contribution is 2.32. The first kappa shape index (κ1) is 20.8. The largest absolute Gasteiger partial charge is 0.481 e. The van der Waals surface area contributed by atoms with Gasteiger partial charge in [0.15, 0.2) is 5.76 Å². The van der Waals surface area contributed by atoms with Crippen LogP contribution in [-0.4, -0.2) is 27.9 Å². The van der Waals surface area contributed by atoms with E-state index >= 15 is 0 Å². The molecular formula is C24H27NO4. The second kappa shape index (κ2) is 9.52. The number of aryl methyl sites for hydroxylation is 1. The number of aliphatic carboxylic acids is 1. The van der Waals surface area contributed by atoms with E-state index < -0.39 is 5.97 Å². The van der Waals surface area contributed by atoms with Gasteiger partial charge in [0, 0.05) is 17.7 Å². The molecule has 0 bridgehead atoms. The van der Waals surface area contributed by atoms with Gasteiger partial charge >= 0.3 is 5.97 Å². The average molecular weight is 393 g/mol. The van der Waals surface area contributed by atoms with Gasteiger partial charge in [0.2, 0.25) is 0 Å². The molecule has 1 unspecified atom stereocenters. The summed E-state index contributed by atoms with van der Waals surface area (Å²) in [5, 5.41) is 22.4. The second-order valence-corrected chi connectivity index (χ2v) is 7.56. The molecule has 1 aromatic heterocycles. The summed E-state index contributed by atoms with van der Waals surface area (Å²) in [5.41, 5.74) is 5.64. The van der Waals surface area contributed by atoms with Crippen LogP contribution in [0, 0.1) is 12.8 Å². The lowest BCUT2D eigenvalue weighted by Gasteiger charge is -2.11. The van der Waals surface area contributed by atoms with Crippen molar-refractivity contribution in [2.24, 2.45) is 5.92 Å². The number of benzene rings is 2. The van der Waals surface area contributed by atoms with Crippen molar-refractivity contribution in [1.82, 2.24) is 5.16 Å². The molecule has 0 fully saturated rings. The van der Waals surface area contributed by atoms with Crippen LogP contribution in [0.15, 0.2) is 53.1 Å². The summed E-state index contributed by atoms with van der Waals surface area (Å²) in [6, 6.07) is 15.5. The summed E-state index contributed by atoms with van der Waals surface area (Å²) in [5.74, 6) is 0.371. The number of carboxylic acid groups (broad SMARTS) is 1. The Morgan fingerprint density at radius 1 is 1.10 bits per heavy atom. The van der Waals surface area contributed by atoms with Crippen LogP contribution in [0.3, 0.4) is 0 Å². The molecule has 1 heterocycles. The van der Waals surface area contributed by atoms with Crippen LogP contribution in [-0.2, 0) is 17.6 Å². The fourth-order valence-corrected chi connectivity index (χ4v) is 3.67. The molecule has 5 nitrogen and oxygen atoms in total. The Balaban J connectivity index is 1.86. The van der Waals surface area contributed by atoms with E-state index in [0.29, 0.717) is 5.92 Å². The summed E-state index contributed by atoms with van der Waals surface area (Å²) in [6.45, 7) is 4.34. The SMILES string of the molecule is Cc1noc(-c2ccc(-c3ccccc3CC(=O)O)cc2)c1CC(C)CCCO. The molecule has 29 heavy (non-hydrogen) atoms. The van der Waals surface area contributed by atoms with Crippen molar-refractivity contribution in [3.63, 3.8) is 0 Å². The first-order chi connectivity index (χ1) is 14.0. The van der Waals surface area contributed by atoms with E-state index in [1.54, 1.807) is 0 Å². The molecule has 3 rings (SSSR count). The van der Waals surface area contributed by atoms with E-state index in [2.05, 4.69) is 12.1 Å². The molecule has 0 spiro atoms. The van der Waals surface area contributed by atoms with Crippen molar-refractivity contribution in [3.8, 4) is 22.5 Å². The van der Waals surface area contributed by atoms with Crippen LogP contribution < -0.4 is 0 Å². The van der Waals surface area contributed by atoms with Crippen molar-refractivity contribution < 1.29 is 19.5 Å². The Bertz CT molecular complexity index is 959. The average Bonchev–Trinajstić information content (AvgIpc) is 3.07. The molecule has 2 aromatic carbocycles. The van der Waals surface area contributed by atoms with Gasteiger partial charge in [-0.15, -0.1) is 0 Å². The quantitative estimate of drug-likeness (QED) is 0.540. The summed E-state index contributed by atoms with van der Waals surface area (Å²) >= 11 is 0. The molecule has 0 saturated carbocycles. The fourth-order valence-electron chi connectivity index (χ4n) is 3.67. The minimum absolute atomic E-state index is 0.00486. The smallest absolute Gasteiger partial charge is 0.307 e. The molecule has 0 radical (unpaired) electrons. The molecule has 2 N–H and O–H groups in total. The van der Waals surface area contributed by atoms with Gasteiger partial charge in [-0.1, -0.05) is 60.6 Å². The van der Waals surface area contributed by atoms with Crippen LogP contribution >= 0.6 is 0 Å². The Morgan fingerprint density at radius 2 is 1.79 bits per heavy atom. The van der Waals surface area contributed by atoms with Gasteiger partial charge in [-0.3, -0.25) is 4.79 Å². The molecule has 0 amide bonds. The third kappa shape index (κ3) is 5.12. The molecule has 0 aliphatic rings. The highest BCUT2D eigenvalue weighted by Gasteiger charge is 2.18. The van der Waals surface area contributed by atoms with Crippen LogP contribution in [0.1, 0.15) is 36.6 Å². The number of hydrogen-bond acceptors (Lipinski definition) is 4. The number of rotatable bonds is 9. The van der Waals surface area contributed by atoms with E-state index in [9.17, 15) is 4.79 Å². The Hall–Kier alpha value is -2.92. The zero-order chi connectivity index (χ0) is 20.8. The van der Waals surface area contributed by atoms with Crippen molar-refractivity contribution in [3.05, 3.63) is 65.4 Å². The molecule has 0 aliphatic carbocycles. The number of aromatic nitrogens is 1. The lowest BCUT2D eigenvalue weighted by atomic mass is 9.93. The predicted molar refractivity (Wildman–Crippen MR) is 113 cm³/mol. The first-order valence-corrected chi connectivity index (χ1v) is 9.96. The highest BCUT2D eigenvalue weighted by atomic mass is 16.5. The fraction of sp³-hybridized carbons (Fsp3) is 0.333. The van der Waals surface area contributed by atoms with Crippen LogP contribution in [0.5, 0.6) is 0 Å². The van der Waals surface area contributed by atoms with Gasteiger partial charge in [-0.2, -0.15) is 0 Å². The minimum atomic E-state index is -0.842. The maximum absolute atomic E-state index is 11.2. The number of aliphatic hydroxyl groups is 1. The number of aliphatic hydroxyl groups excluding tert-OH is 1. The molecule has 5 heteroatoms. The van der Waals surface area contributed by atoms with E-state index in [1.807, 2.05) is 55.5 Å². The standard InChI is InChI=1S/C24H27NO4/c1-16(6-5-13-26)14-22-17(2)25-29-24(22)19-11-9-18(10-12-19)21-8-4-3-7-20(21)15-23(27)28/h3-4,7-12,16,26H,5-6,13-15H2,1-2H3,(H,27,28). The monoisotopic (exact) mass is 393 g/mol. The minimum Gasteiger partial charge on any atom is -0.481 e. The summed E-state index contributed by atoms with van der Waals surface area (Å²) < 4.78 is 5.63. The zero-order valence-electron chi connectivity index (χ0n) is 16.9. The normalized spacial score (nSPS) is 12.1. The number of nitrogens with zero attached hydrogens (tertiary/aromatic N) is 1. The van der Waals surface area contributed by atoms with Gasteiger partial charge in [0.1, 0.15) is 0 Å². The number of carboxylic acids is 1. The van der Waals surface area contributed by atoms with Gasteiger partial charge in [0.25, 0.3) is 0 Å². The Morgan fingerprint density at radius 3 is 2.48 bits per heavy atom. The summed E-state index contributed by atoms with van der Waals surface area (Å²) in [6.07, 6.45) is 2.61. The Kier molecular flexibility index (Phi) is 6.83. The van der Waals surface area contributed by atoms with Gasteiger partial charge in [0.05, 0.1) is 12.1 Å². The Labute approximate surface area is 171 Å². The maximum atomic E-state index is 11.2. The van der Waals surface area contributed by atoms with E-state index in [0.717, 1.165) is 58.5 Å². The molecule has 1 atom stereocenters. The molecule has 0 saturated heterocycles.